The second kappa shape index (κ2) is 6.60. The third-order valence-electron chi connectivity index (χ3n) is 3.62. The Balaban J connectivity index is 1.94. The maximum atomic E-state index is 11.8. The molecule has 2 rings (SSSR count). The van der Waals surface area contributed by atoms with E-state index in [9.17, 15) is 9.59 Å². The first-order valence-corrected chi connectivity index (χ1v) is 7.32. The minimum Gasteiger partial charge on any atom is -0.481 e. The van der Waals surface area contributed by atoms with Gasteiger partial charge in [-0.3, -0.25) is 9.59 Å². The number of aryl methyl sites for hydroxylation is 3. The lowest BCUT2D eigenvalue weighted by molar-refractivity contribution is -0.137. The van der Waals surface area contributed by atoms with Gasteiger partial charge in [-0.15, -0.1) is 0 Å². The zero-order valence-corrected chi connectivity index (χ0v) is 13.1. The van der Waals surface area contributed by atoms with Crippen molar-refractivity contribution < 1.29 is 14.7 Å². The van der Waals surface area contributed by atoms with Gasteiger partial charge in [0.05, 0.1) is 17.5 Å². The van der Waals surface area contributed by atoms with Crippen molar-refractivity contribution in [3.05, 3.63) is 29.1 Å². The van der Waals surface area contributed by atoms with E-state index in [0.717, 1.165) is 16.9 Å². The zero-order valence-electron chi connectivity index (χ0n) is 13.1. The fourth-order valence-electron chi connectivity index (χ4n) is 2.33. The lowest BCUT2D eigenvalue weighted by atomic mass is 10.1. The average Bonchev–Trinajstić information content (AvgIpc) is 2.77. The molecule has 1 atom stereocenters. The Morgan fingerprint density at radius 3 is 2.68 bits per heavy atom. The second-order valence-electron chi connectivity index (χ2n) is 5.70. The molecule has 1 unspecified atom stereocenters. The molecule has 1 aromatic heterocycles. The minimum absolute atomic E-state index is 0.0745. The Kier molecular flexibility index (Phi) is 4.80. The van der Waals surface area contributed by atoms with E-state index >= 15 is 0 Å². The topological polar surface area (TPSA) is 95.1 Å². The summed E-state index contributed by atoms with van der Waals surface area (Å²) >= 11 is 0. The number of carboxylic acids is 1. The number of aromatic amines is 1. The molecule has 3 N–H and O–H groups in total. The minimum atomic E-state index is -0.921. The smallest absolute Gasteiger partial charge is 0.305 e. The fourth-order valence-corrected chi connectivity index (χ4v) is 2.33. The molecule has 6 nitrogen and oxygen atoms in total. The molecule has 6 heteroatoms. The SMILES string of the molecule is Cc1cc2nc(CCC(=O)NC(C)CC(=O)O)[nH]c2cc1C. The van der Waals surface area contributed by atoms with Gasteiger partial charge in [0.2, 0.25) is 5.91 Å². The van der Waals surface area contributed by atoms with Crippen LogP contribution in [0.3, 0.4) is 0 Å². The summed E-state index contributed by atoms with van der Waals surface area (Å²) in [5, 5.41) is 11.3. The highest BCUT2D eigenvalue weighted by atomic mass is 16.4. The highest BCUT2D eigenvalue weighted by Crippen LogP contribution is 2.17. The van der Waals surface area contributed by atoms with Crippen molar-refractivity contribution in [2.75, 3.05) is 0 Å². The highest BCUT2D eigenvalue weighted by molar-refractivity contribution is 5.79. The first-order chi connectivity index (χ1) is 10.3. The summed E-state index contributed by atoms with van der Waals surface area (Å²) in [5.74, 6) is -0.321. The van der Waals surface area contributed by atoms with Crippen molar-refractivity contribution in [2.45, 2.75) is 46.1 Å². The molecule has 0 bridgehead atoms. The Morgan fingerprint density at radius 1 is 1.32 bits per heavy atom. The third kappa shape index (κ3) is 4.07. The molecule has 2 aromatic rings. The number of H-pyrrole nitrogens is 1. The molecule has 0 fully saturated rings. The number of nitrogens with zero attached hydrogens (tertiary/aromatic N) is 1. The molecule has 0 saturated carbocycles. The number of aromatic nitrogens is 2. The first kappa shape index (κ1) is 16.0. The van der Waals surface area contributed by atoms with E-state index in [1.165, 1.54) is 11.1 Å². The van der Waals surface area contributed by atoms with Crippen LogP contribution < -0.4 is 5.32 Å². The van der Waals surface area contributed by atoms with Gasteiger partial charge >= 0.3 is 5.97 Å². The predicted octanol–water partition coefficient (Wildman–Crippen LogP) is 2.09. The van der Waals surface area contributed by atoms with Crippen LogP contribution in [0.5, 0.6) is 0 Å². The van der Waals surface area contributed by atoms with Gasteiger partial charge in [-0.25, -0.2) is 4.98 Å². The van der Waals surface area contributed by atoms with Gasteiger partial charge in [0, 0.05) is 18.9 Å². The molecule has 0 aliphatic heterocycles. The number of imidazole rings is 1. The van der Waals surface area contributed by atoms with Crippen LogP contribution in [0.15, 0.2) is 12.1 Å². The third-order valence-corrected chi connectivity index (χ3v) is 3.62. The quantitative estimate of drug-likeness (QED) is 0.761. The van der Waals surface area contributed by atoms with Crippen molar-refractivity contribution in [2.24, 2.45) is 0 Å². The molecule has 1 heterocycles. The van der Waals surface area contributed by atoms with E-state index in [1.807, 2.05) is 19.9 Å². The van der Waals surface area contributed by atoms with E-state index < -0.39 is 5.97 Å². The van der Waals surface area contributed by atoms with Crippen molar-refractivity contribution in [1.29, 1.82) is 0 Å². The van der Waals surface area contributed by atoms with Gasteiger partial charge in [-0.2, -0.15) is 0 Å². The van der Waals surface area contributed by atoms with E-state index in [4.69, 9.17) is 5.11 Å². The number of benzene rings is 1. The number of nitrogens with one attached hydrogen (secondary N) is 2. The van der Waals surface area contributed by atoms with E-state index in [0.29, 0.717) is 6.42 Å². The van der Waals surface area contributed by atoms with Gasteiger partial charge in [-0.05, 0) is 44.0 Å². The zero-order chi connectivity index (χ0) is 16.3. The lowest BCUT2D eigenvalue weighted by Crippen LogP contribution is -2.34. The molecule has 118 valence electrons. The normalized spacial score (nSPS) is 12.3. The van der Waals surface area contributed by atoms with Crippen LogP contribution in [0, 0.1) is 13.8 Å². The summed E-state index contributed by atoms with van der Waals surface area (Å²) < 4.78 is 0. The van der Waals surface area contributed by atoms with Gasteiger partial charge in [0.25, 0.3) is 0 Å². The number of carbonyl (C=O) groups excluding carboxylic acids is 1. The lowest BCUT2D eigenvalue weighted by Gasteiger charge is -2.10. The van der Waals surface area contributed by atoms with Gasteiger partial charge in [-0.1, -0.05) is 0 Å². The van der Waals surface area contributed by atoms with Crippen LogP contribution >= 0.6 is 0 Å². The van der Waals surface area contributed by atoms with Crippen LogP contribution in [-0.4, -0.2) is 33.0 Å². The predicted molar refractivity (Wildman–Crippen MR) is 83.7 cm³/mol. The van der Waals surface area contributed by atoms with Crippen molar-refractivity contribution in [3.8, 4) is 0 Å². The molecule has 1 aromatic carbocycles. The summed E-state index contributed by atoms with van der Waals surface area (Å²) in [6, 6.07) is 3.71. The number of carbonyl (C=O) groups is 2. The van der Waals surface area contributed by atoms with Crippen molar-refractivity contribution in [1.82, 2.24) is 15.3 Å². The Morgan fingerprint density at radius 2 is 2.00 bits per heavy atom. The standard InChI is InChI=1S/C16H21N3O3/c1-9-6-12-13(7-10(9)2)19-14(18-12)4-5-15(20)17-11(3)8-16(21)22/h6-7,11H,4-5,8H2,1-3H3,(H,17,20)(H,18,19)(H,21,22). The van der Waals surface area contributed by atoms with Crippen molar-refractivity contribution in [3.63, 3.8) is 0 Å². The van der Waals surface area contributed by atoms with Crippen LogP contribution in [0.25, 0.3) is 11.0 Å². The number of rotatable bonds is 6. The Hall–Kier alpha value is -2.37. The molecule has 0 radical (unpaired) electrons. The number of hydrogen-bond acceptors (Lipinski definition) is 3. The molecule has 22 heavy (non-hydrogen) atoms. The number of carboxylic acid groups (broad SMARTS) is 1. The van der Waals surface area contributed by atoms with Crippen LogP contribution in [0.1, 0.15) is 36.7 Å². The molecular weight excluding hydrogens is 282 g/mol. The van der Waals surface area contributed by atoms with Crippen LogP contribution in [-0.2, 0) is 16.0 Å². The molecule has 0 saturated heterocycles. The average molecular weight is 303 g/mol. The van der Waals surface area contributed by atoms with Gasteiger partial charge in [0.15, 0.2) is 0 Å². The van der Waals surface area contributed by atoms with E-state index in [-0.39, 0.29) is 24.8 Å². The summed E-state index contributed by atoms with van der Waals surface area (Å²) in [6.45, 7) is 5.77. The maximum Gasteiger partial charge on any atom is 0.305 e. The van der Waals surface area contributed by atoms with Gasteiger partial charge in [0.1, 0.15) is 5.82 Å². The molecule has 0 aliphatic carbocycles. The Labute approximate surface area is 128 Å². The highest BCUT2D eigenvalue weighted by Gasteiger charge is 2.12. The number of hydrogen-bond donors (Lipinski definition) is 3. The van der Waals surface area contributed by atoms with Crippen LogP contribution in [0.4, 0.5) is 0 Å². The molecule has 0 aliphatic rings. The molecular formula is C16H21N3O3. The number of aliphatic carboxylic acids is 1. The summed E-state index contributed by atoms with van der Waals surface area (Å²) in [4.78, 5) is 30.0. The van der Waals surface area contributed by atoms with Crippen molar-refractivity contribution >= 4 is 22.9 Å². The van der Waals surface area contributed by atoms with Gasteiger partial charge < -0.3 is 15.4 Å². The maximum absolute atomic E-state index is 11.8. The first-order valence-electron chi connectivity index (χ1n) is 7.32. The van der Waals surface area contributed by atoms with E-state index in [1.54, 1.807) is 6.92 Å². The molecule has 0 spiro atoms. The summed E-state index contributed by atoms with van der Waals surface area (Å²) in [7, 11) is 0. The number of fused-ring (bicyclic) bond motifs is 1. The molecule has 1 amide bonds. The Bertz CT molecular complexity index is 667. The fraction of sp³-hybridized carbons (Fsp3) is 0.438. The summed E-state index contributed by atoms with van der Waals surface area (Å²) in [6.07, 6.45) is 0.703. The van der Waals surface area contributed by atoms with Crippen LogP contribution in [0.2, 0.25) is 0 Å². The monoisotopic (exact) mass is 303 g/mol. The largest absolute Gasteiger partial charge is 0.481 e. The second-order valence-corrected chi connectivity index (χ2v) is 5.70. The van der Waals surface area contributed by atoms with E-state index in [2.05, 4.69) is 21.4 Å². The summed E-state index contributed by atoms with van der Waals surface area (Å²) in [5.41, 5.74) is 4.25. The number of amides is 1.